The van der Waals surface area contributed by atoms with Crippen LogP contribution in [0.15, 0.2) is 0 Å². The summed E-state index contributed by atoms with van der Waals surface area (Å²) in [4.78, 5) is 26.7. The van der Waals surface area contributed by atoms with Gasteiger partial charge in [0.15, 0.2) is 0 Å². The fourth-order valence-corrected chi connectivity index (χ4v) is 2.82. The maximum absolute atomic E-state index is 11.5. The number of imide groups is 1. The van der Waals surface area contributed by atoms with Crippen molar-refractivity contribution in [2.24, 2.45) is 5.92 Å². The molecule has 0 saturated carbocycles. The van der Waals surface area contributed by atoms with Crippen LogP contribution in [-0.2, 0) is 9.59 Å². The average Bonchev–Trinajstić information content (AvgIpc) is 2.69. The van der Waals surface area contributed by atoms with Gasteiger partial charge in [-0.15, -0.1) is 0 Å². The summed E-state index contributed by atoms with van der Waals surface area (Å²) in [7, 11) is 2.00. The smallest absolute Gasteiger partial charge is 0.229 e. The van der Waals surface area contributed by atoms with Crippen LogP contribution >= 0.6 is 0 Å². The maximum atomic E-state index is 11.5. The highest BCUT2D eigenvalue weighted by molar-refractivity contribution is 6.01. The van der Waals surface area contributed by atoms with E-state index in [-0.39, 0.29) is 11.8 Å². The lowest BCUT2D eigenvalue weighted by Crippen LogP contribution is -2.42. The first-order valence-electron chi connectivity index (χ1n) is 6.91. The summed E-state index contributed by atoms with van der Waals surface area (Å²) in [6.45, 7) is 4.68. The zero-order chi connectivity index (χ0) is 13.0. The van der Waals surface area contributed by atoms with Crippen molar-refractivity contribution >= 4 is 11.8 Å². The molecule has 102 valence electrons. The number of piperidine rings is 1. The molecule has 2 rings (SSSR count). The van der Waals surface area contributed by atoms with Crippen molar-refractivity contribution < 1.29 is 9.59 Å². The summed E-state index contributed by atoms with van der Waals surface area (Å²) < 4.78 is 0. The molecule has 0 spiro atoms. The van der Waals surface area contributed by atoms with Crippen LogP contribution < -0.4 is 5.32 Å². The normalized spacial score (nSPS) is 23.1. The van der Waals surface area contributed by atoms with Crippen molar-refractivity contribution in [2.75, 3.05) is 39.8 Å². The Morgan fingerprint density at radius 1 is 1.11 bits per heavy atom. The Balaban J connectivity index is 1.69. The molecule has 18 heavy (non-hydrogen) atoms. The lowest BCUT2D eigenvalue weighted by molar-refractivity contribution is -0.138. The van der Waals surface area contributed by atoms with Crippen LogP contribution in [0.1, 0.15) is 25.7 Å². The van der Waals surface area contributed by atoms with Gasteiger partial charge in [-0.3, -0.25) is 14.5 Å². The highest BCUT2D eigenvalue weighted by Gasteiger charge is 2.29. The van der Waals surface area contributed by atoms with Crippen LogP contribution in [0.5, 0.6) is 0 Å². The van der Waals surface area contributed by atoms with E-state index in [1.165, 1.54) is 17.7 Å². The zero-order valence-corrected chi connectivity index (χ0v) is 11.2. The standard InChI is InChI=1S/C13H23N3O2/c1-14-10-11-4-6-15(7-5-11)8-9-16-12(17)2-3-13(16)18/h11,14H,2-10H2,1H3. The molecular formula is C13H23N3O2. The number of hydrogen-bond acceptors (Lipinski definition) is 4. The van der Waals surface area contributed by atoms with Gasteiger partial charge < -0.3 is 10.2 Å². The Kier molecular flexibility index (Phi) is 4.72. The number of amides is 2. The van der Waals surface area contributed by atoms with Crippen molar-refractivity contribution in [1.82, 2.24) is 15.1 Å². The van der Waals surface area contributed by atoms with Gasteiger partial charge in [-0.2, -0.15) is 0 Å². The van der Waals surface area contributed by atoms with E-state index in [0.717, 1.165) is 32.1 Å². The minimum atomic E-state index is 0.00469. The summed E-state index contributed by atoms with van der Waals surface area (Å²) in [5, 5.41) is 3.22. The summed E-state index contributed by atoms with van der Waals surface area (Å²) in [6.07, 6.45) is 3.23. The average molecular weight is 253 g/mol. The van der Waals surface area contributed by atoms with Crippen LogP contribution in [0.2, 0.25) is 0 Å². The minimum absolute atomic E-state index is 0.00469. The topological polar surface area (TPSA) is 52.6 Å². The molecule has 0 atom stereocenters. The molecule has 2 aliphatic rings. The minimum Gasteiger partial charge on any atom is -0.319 e. The van der Waals surface area contributed by atoms with Gasteiger partial charge in [-0.25, -0.2) is 0 Å². The monoisotopic (exact) mass is 253 g/mol. The lowest BCUT2D eigenvalue weighted by Gasteiger charge is -2.32. The summed E-state index contributed by atoms with van der Waals surface area (Å²) in [5.41, 5.74) is 0. The van der Waals surface area contributed by atoms with Crippen molar-refractivity contribution in [2.45, 2.75) is 25.7 Å². The van der Waals surface area contributed by atoms with Gasteiger partial charge in [0.05, 0.1) is 0 Å². The first kappa shape index (κ1) is 13.5. The highest BCUT2D eigenvalue weighted by atomic mass is 16.2. The van der Waals surface area contributed by atoms with Gasteiger partial charge in [0.25, 0.3) is 0 Å². The molecule has 5 heteroatoms. The Bertz CT molecular complexity index is 295. The summed E-state index contributed by atoms with van der Waals surface area (Å²) in [6, 6.07) is 0. The second-order valence-electron chi connectivity index (χ2n) is 5.28. The molecule has 2 amide bonds. The van der Waals surface area contributed by atoms with Crippen molar-refractivity contribution in [3.8, 4) is 0 Å². The van der Waals surface area contributed by atoms with E-state index in [1.807, 2.05) is 7.05 Å². The maximum Gasteiger partial charge on any atom is 0.229 e. The molecule has 5 nitrogen and oxygen atoms in total. The molecule has 0 bridgehead atoms. The van der Waals surface area contributed by atoms with E-state index in [4.69, 9.17) is 0 Å². The van der Waals surface area contributed by atoms with E-state index in [2.05, 4.69) is 10.2 Å². The van der Waals surface area contributed by atoms with Gasteiger partial charge in [0, 0.05) is 25.9 Å². The van der Waals surface area contributed by atoms with E-state index in [1.54, 1.807) is 0 Å². The molecule has 2 aliphatic heterocycles. The zero-order valence-electron chi connectivity index (χ0n) is 11.2. The van der Waals surface area contributed by atoms with Gasteiger partial charge >= 0.3 is 0 Å². The highest BCUT2D eigenvalue weighted by Crippen LogP contribution is 2.17. The number of likely N-dealkylation sites (tertiary alicyclic amines) is 2. The Morgan fingerprint density at radius 3 is 2.28 bits per heavy atom. The van der Waals surface area contributed by atoms with E-state index >= 15 is 0 Å². The van der Waals surface area contributed by atoms with E-state index in [9.17, 15) is 9.59 Å². The van der Waals surface area contributed by atoms with Crippen LogP contribution in [0.3, 0.4) is 0 Å². The third kappa shape index (κ3) is 3.29. The van der Waals surface area contributed by atoms with Crippen LogP contribution in [0.25, 0.3) is 0 Å². The fraction of sp³-hybridized carbons (Fsp3) is 0.846. The molecule has 0 aliphatic carbocycles. The van der Waals surface area contributed by atoms with E-state index in [0.29, 0.717) is 19.4 Å². The molecule has 0 aromatic heterocycles. The van der Waals surface area contributed by atoms with Crippen molar-refractivity contribution in [3.05, 3.63) is 0 Å². The Labute approximate surface area is 108 Å². The van der Waals surface area contributed by atoms with Crippen LogP contribution in [-0.4, -0.2) is 61.4 Å². The quantitative estimate of drug-likeness (QED) is 0.704. The molecule has 2 saturated heterocycles. The van der Waals surface area contributed by atoms with E-state index < -0.39 is 0 Å². The molecule has 2 heterocycles. The van der Waals surface area contributed by atoms with Crippen LogP contribution in [0, 0.1) is 5.92 Å². The largest absolute Gasteiger partial charge is 0.319 e. The van der Waals surface area contributed by atoms with Crippen molar-refractivity contribution in [1.29, 1.82) is 0 Å². The molecule has 0 unspecified atom stereocenters. The third-order valence-electron chi connectivity index (χ3n) is 3.99. The fourth-order valence-electron chi connectivity index (χ4n) is 2.82. The van der Waals surface area contributed by atoms with Gasteiger partial charge in [-0.1, -0.05) is 0 Å². The Morgan fingerprint density at radius 2 is 1.72 bits per heavy atom. The number of rotatable bonds is 5. The van der Waals surface area contributed by atoms with Gasteiger partial charge in [0.2, 0.25) is 11.8 Å². The summed E-state index contributed by atoms with van der Waals surface area (Å²) >= 11 is 0. The predicted molar refractivity (Wildman–Crippen MR) is 69.0 cm³/mol. The molecule has 0 aromatic rings. The lowest BCUT2D eigenvalue weighted by atomic mass is 9.97. The van der Waals surface area contributed by atoms with Gasteiger partial charge in [0.1, 0.15) is 0 Å². The first-order chi connectivity index (χ1) is 8.70. The second-order valence-corrected chi connectivity index (χ2v) is 5.28. The van der Waals surface area contributed by atoms with Gasteiger partial charge in [-0.05, 0) is 45.4 Å². The van der Waals surface area contributed by atoms with Crippen LogP contribution in [0.4, 0.5) is 0 Å². The Hall–Kier alpha value is -0.940. The number of carbonyl (C=O) groups excluding carboxylic acids is 2. The molecule has 1 N–H and O–H groups in total. The molecule has 0 radical (unpaired) electrons. The number of nitrogens with zero attached hydrogens (tertiary/aromatic N) is 2. The predicted octanol–water partition coefficient (Wildman–Crippen LogP) is 0.0668. The van der Waals surface area contributed by atoms with Crippen molar-refractivity contribution in [3.63, 3.8) is 0 Å². The SMILES string of the molecule is CNCC1CCN(CCN2C(=O)CCC2=O)CC1. The third-order valence-corrected chi connectivity index (χ3v) is 3.99. The number of hydrogen-bond donors (Lipinski definition) is 1. The first-order valence-corrected chi connectivity index (χ1v) is 6.91. The summed E-state index contributed by atoms with van der Waals surface area (Å²) in [5.74, 6) is 0.788. The number of nitrogens with one attached hydrogen (secondary N) is 1. The molecule has 2 fully saturated rings. The number of carbonyl (C=O) groups is 2. The molecule has 0 aromatic carbocycles. The molecular weight excluding hydrogens is 230 g/mol. The second kappa shape index (κ2) is 6.29.